The van der Waals surface area contributed by atoms with E-state index in [2.05, 4.69) is 0 Å². The summed E-state index contributed by atoms with van der Waals surface area (Å²) in [4.78, 5) is 24.1. The second-order valence-electron chi connectivity index (χ2n) is 4.32. The molecule has 0 radical (unpaired) electrons. The van der Waals surface area contributed by atoms with E-state index in [4.69, 9.17) is 8.83 Å². The highest BCUT2D eigenvalue weighted by atomic mass is 16.5. The van der Waals surface area contributed by atoms with E-state index in [1.807, 2.05) is 13.8 Å². The Bertz CT molecular complexity index is 691. The minimum absolute atomic E-state index is 0.0253. The van der Waals surface area contributed by atoms with E-state index in [9.17, 15) is 9.59 Å². The summed E-state index contributed by atoms with van der Waals surface area (Å²) >= 11 is 0. The Morgan fingerprint density at radius 1 is 1.17 bits per heavy atom. The molecular formula is C14H16O4. The van der Waals surface area contributed by atoms with Crippen LogP contribution in [0.4, 0.5) is 0 Å². The van der Waals surface area contributed by atoms with Gasteiger partial charge in [-0.3, -0.25) is 9.59 Å². The van der Waals surface area contributed by atoms with E-state index in [1.54, 1.807) is 6.92 Å². The summed E-state index contributed by atoms with van der Waals surface area (Å²) in [5.74, 6) is 1.12. The molecule has 0 amide bonds. The van der Waals surface area contributed by atoms with Gasteiger partial charge in [-0.25, -0.2) is 0 Å². The molecule has 4 heteroatoms. The van der Waals surface area contributed by atoms with Gasteiger partial charge in [-0.05, 0) is 19.8 Å². The number of hydrogen-bond acceptors (Lipinski definition) is 4. The first-order valence-corrected chi connectivity index (χ1v) is 6.17. The fourth-order valence-electron chi connectivity index (χ4n) is 2.10. The molecule has 0 fully saturated rings. The zero-order chi connectivity index (χ0) is 13.3. The number of rotatable bonds is 3. The molecule has 2 heterocycles. The number of fused-ring (bicyclic) bond motifs is 1. The molecular weight excluding hydrogens is 232 g/mol. The van der Waals surface area contributed by atoms with Crippen LogP contribution in [0.3, 0.4) is 0 Å². The van der Waals surface area contributed by atoms with Crippen LogP contribution in [-0.2, 0) is 12.8 Å². The average molecular weight is 248 g/mol. The molecule has 18 heavy (non-hydrogen) atoms. The van der Waals surface area contributed by atoms with E-state index in [1.165, 1.54) is 6.07 Å². The first kappa shape index (κ1) is 12.6. The maximum absolute atomic E-state index is 12.3. The van der Waals surface area contributed by atoms with Crippen LogP contribution < -0.4 is 10.9 Å². The highest BCUT2D eigenvalue weighted by Gasteiger charge is 2.16. The van der Waals surface area contributed by atoms with E-state index in [0.717, 1.165) is 6.42 Å². The minimum Gasteiger partial charge on any atom is -0.430 e. The molecule has 2 rings (SSSR count). The summed E-state index contributed by atoms with van der Waals surface area (Å²) in [5, 5.41) is 0.0253. The maximum atomic E-state index is 12.3. The summed E-state index contributed by atoms with van der Waals surface area (Å²) in [6.45, 7) is 5.55. The van der Waals surface area contributed by atoms with Crippen molar-refractivity contribution < 1.29 is 8.83 Å². The van der Waals surface area contributed by atoms with Gasteiger partial charge in [-0.15, -0.1) is 0 Å². The number of aryl methyl sites for hydroxylation is 2. The van der Waals surface area contributed by atoms with Crippen LogP contribution in [0, 0.1) is 6.92 Å². The Hall–Kier alpha value is -1.84. The molecule has 0 atom stereocenters. The molecule has 0 saturated heterocycles. The summed E-state index contributed by atoms with van der Waals surface area (Å²) < 4.78 is 10.9. The maximum Gasteiger partial charge on any atom is 0.305 e. The highest BCUT2D eigenvalue weighted by molar-refractivity contribution is 5.71. The second-order valence-corrected chi connectivity index (χ2v) is 4.32. The molecule has 0 spiro atoms. The average Bonchev–Trinajstić information content (AvgIpc) is 2.28. The van der Waals surface area contributed by atoms with Crippen molar-refractivity contribution in [3.63, 3.8) is 0 Å². The molecule has 2 aromatic rings. The fourth-order valence-corrected chi connectivity index (χ4v) is 2.10. The van der Waals surface area contributed by atoms with Crippen molar-refractivity contribution in [2.75, 3.05) is 0 Å². The smallest absolute Gasteiger partial charge is 0.305 e. The second kappa shape index (κ2) is 4.80. The van der Waals surface area contributed by atoms with Gasteiger partial charge in [-0.1, -0.05) is 13.8 Å². The van der Waals surface area contributed by atoms with Crippen molar-refractivity contribution in [1.29, 1.82) is 0 Å². The molecule has 0 aliphatic carbocycles. The van der Waals surface area contributed by atoms with Gasteiger partial charge in [-0.2, -0.15) is 0 Å². The quantitative estimate of drug-likeness (QED) is 0.837. The van der Waals surface area contributed by atoms with Crippen LogP contribution in [-0.4, -0.2) is 0 Å². The monoisotopic (exact) mass is 248 g/mol. The third-order valence-electron chi connectivity index (χ3n) is 2.92. The van der Waals surface area contributed by atoms with Crippen molar-refractivity contribution in [2.45, 2.75) is 40.0 Å². The lowest BCUT2D eigenvalue weighted by Crippen LogP contribution is -2.18. The van der Waals surface area contributed by atoms with Gasteiger partial charge in [0.15, 0.2) is 10.8 Å². The first-order valence-electron chi connectivity index (χ1n) is 6.17. The van der Waals surface area contributed by atoms with Crippen LogP contribution in [0.2, 0.25) is 0 Å². The third kappa shape index (κ3) is 1.98. The van der Waals surface area contributed by atoms with E-state index in [-0.39, 0.29) is 22.0 Å². The lowest BCUT2D eigenvalue weighted by atomic mass is 10.1. The van der Waals surface area contributed by atoms with Gasteiger partial charge in [0.1, 0.15) is 11.5 Å². The highest BCUT2D eigenvalue weighted by Crippen LogP contribution is 2.16. The molecule has 0 aliphatic rings. The lowest BCUT2D eigenvalue weighted by molar-refractivity contribution is 0.416. The molecule has 0 saturated carbocycles. The normalized spacial score (nSPS) is 11.1. The zero-order valence-electron chi connectivity index (χ0n) is 10.8. The predicted molar refractivity (Wildman–Crippen MR) is 69.1 cm³/mol. The molecule has 2 aromatic heterocycles. The summed E-state index contributed by atoms with van der Waals surface area (Å²) in [5.41, 5.74) is -0.00305. The van der Waals surface area contributed by atoms with Crippen molar-refractivity contribution >= 4 is 11.2 Å². The van der Waals surface area contributed by atoms with Crippen molar-refractivity contribution in [2.24, 2.45) is 0 Å². The van der Waals surface area contributed by atoms with Gasteiger partial charge < -0.3 is 8.83 Å². The lowest BCUT2D eigenvalue weighted by Gasteiger charge is -2.06. The summed E-state index contributed by atoms with van der Waals surface area (Å²) in [6, 6.07) is 1.32. The van der Waals surface area contributed by atoms with Crippen LogP contribution in [0.15, 0.2) is 24.5 Å². The number of hydrogen-bond donors (Lipinski definition) is 0. The topological polar surface area (TPSA) is 60.4 Å². The van der Waals surface area contributed by atoms with Gasteiger partial charge in [0.2, 0.25) is 5.43 Å². The Morgan fingerprint density at radius 2 is 1.89 bits per heavy atom. The molecule has 0 N–H and O–H groups in total. The Morgan fingerprint density at radius 3 is 2.50 bits per heavy atom. The Labute approximate surface area is 104 Å². The molecule has 0 aliphatic heterocycles. The third-order valence-corrected chi connectivity index (χ3v) is 2.92. The molecule has 0 unspecified atom stereocenters. The van der Waals surface area contributed by atoms with E-state index in [0.29, 0.717) is 29.9 Å². The van der Waals surface area contributed by atoms with Crippen LogP contribution in [0.1, 0.15) is 37.4 Å². The van der Waals surface area contributed by atoms with Crippen LogP contribution >= 0.6 is 0 Å². The Kier molecular flexibility index (Phi) is 3.36. The van der Waals surface area contributed by atoms with E-state index >= 15 is 0 Å². The first-order chi connectivity index (χ1) is 8.58. The molecule has 0 aromatic carbocycles. The largest absolute Gasteiger partial charge is 0.430 e. The van der Waals surface area contributed by atoms with Gasteiger partial charge >= 0.3 is 5.78 Å². The molecule has 0 bridgehead atoms. The van der Waals surface area contributed by atoms with Crippen molar-refractivity contribution in [3.8, 4) is 0 Å². The van der Waals surface area contributed by atoms with Crippen LogP contribution in [0.25, 0.3) is 11.2 Å². The predicted octanol–water partition coefficient (Wildman–Crippen LogP) is 2.57. The van der Waals surface area contributed by atoms with Crippen molar-refractivity contribution in [3.05, 3.63) is 43.6 Å². The van der Waals surface area contributed by atoms with Crippen LogP contribution in [0.5, 0.6) is 0 Å². The molecule has 96 valence electrons. The fraction of sp³-hybridized carbons (Fsp3) is 0.429. The van der Waals surface area contributed by atoms with Gasteiger partial charge in [0, 0.05) is 18.1 Å². The SMILES string of the molecule is CCCc1oc2oc(C)cc(=O)c2c(=O)c1CC. The zero-order valence-corrected chi connectivity index (χ0v) is 10.8. The minimum atomic E-state index is -0.333. The van der Waals surface area contributed by atoms with E-state index < -0.39 is 0 Å². The van der Waals surface area contributed by atoms with Crippen molar-refractivity contribution in [1.82, 2.24) is 0 Å². The standard InChI is InChI=1S/C14H16O4/c1-4-6-11-9(5-2)13(16)12-10(15)7-8(3)17-14(12)18-11/h7H,4-6H2,1-3H3. The molecule has 4 nitrogen and oxygen atoms in total. The van der Waals surface area contributed by atoms with Gasteiger partial charge in [0.25, 0.3) is 0 Å². The summed E-state index contributed by atoms with van der Waals surface area (Å²) in [6.07, 6.45) is 2.10. The summed E-state index contributed by atoms with van der Waals surface area (Å²) in [7, 11) is 0. The van der Waals surface area contributed by atoms with Gasteiger partial charge in [0.05, 0.1) is 0 Å². The Balaban J connectivity index is 2.91.